The van der Waals surface area contributed by atoms with E-state index < -0.39 is 24.5 Å². The number of nitrogens with zero attached hydrogens (tertiary/aromatic N) is 4. The van der Waals surface area contributed by atoms with Gasteiger partial charge in [-0.25, -0.2) is 15.0 Å². The van der Waals surface area contributed by atoms with Crippen LogP contribution in [0.4, 0.5) is 5.69 Å². The molecule has 0 spiro atoms. The third-order valence-corrected chi connectivity index (χ3v) is 7.88. The van der Waals surface area contributed by atoms with Crippen molar-refractivity contribution in [1.29, 1.82) is 0 Å². The Hall–Kier alpha value is -2.66. The van der Waals surface area contributed by atoms with Gasteiger partial charge < -0.3 is 25.7 Å². The van der Waals surface area contributed by atoms with Gasteiger partial charge in [0.1, 0.15) is 23.5 Å². The van der Waals surface area contributed by atoms with Crippen LogP contribution in [0.5, 0.6) is 0 Å². The van der Waals surface area contributed by atoms with Crippen molar-refractivity contribution >= 4 is 39.6 Å². The SMILES string of the molecule is CC(C)(C)c1ccc2[nH]c(CCCCSC[C@H]3O[C@@H](n4cnc5c(N)ccnc54)[C@H](O)[C@@H]3O)nc2c1. The summed E-state index contributed by atoms with van der Waals surface area (Å²) in [5.41, 5.74) is 11.1. The molecular weight excluding hydrogens is 476 g/mol. The zero-order valence-corrected chi connectivity index (χ0v) is 21.7. The highest BCUT2D eigenvalue weighted by molar-refractivity contribution is 7.99. The van der Waals surface area contributed by atoms with Gasteiger partial charge in [0.05, 0.1) is 29.2 Å². The normalized spacial score (nSPS) is 22.7. The van der Waals surface area contributed by atoms with Crippen molar-refractivity contribution in [3.05, 3.63) is 48.2 Å². The molecule has 1 fully saturated rings. The Morgan fingerprint density at radius 3 is 2.78 bits per heavy atom. The number of aliphatic hydroxyl groups is 2. The minimum Gasteiger partial charge on any atom is -0.397 e. The van der Waals surface area contributed by atoms with Gasteiger partial charge >= 0.3 is 0 Å². The number of aryl methyl sites for hydroxylation is 1. The first-order chi connectivity index (χ1) is 17.2. The van der Waals surface area contributed by atoms with E-state index in [1.165, 1.54) is 5.56 Å². The summed E-state index contributed by atoms with van der Waals surface area (Å²) in [6.07, 6.45) is 2.82. The lowest BCUT2D eigenvalue weighted by atomic mass is 9.87. The number of fused-ring (bicyclic) bond motifs is 2. The maximum absolute atomic E-state index is 10.6. The van der Waals surface area contributed by atoms with Crippen molar-refractivity contribution in [3.8, 4) is 0 Å². The van der Waals surface area contributed by atoms with Crippen molar-refractivity contribution in [2.24, 2.45) is 0 Å². The molecule has 4 atom stereocenters. The van der Waals surface area contributed by atoms with Crippen LogP contribution in [-0.4, -0.2) is 64.5 Å². The van der Waals surface area contributed by atoms with E-state index in [0.717, 1.165) is 41.9 Å². The molecule has 3 aromatic heterocycles. The van der Waals surface area contributed by atoms with E-state index in [-0.39, 0.29) is 5.41 Å². The predicted octanol–water partition coefficient (Wildman–Crippen LogP) is 3.56. The summed E-state index contributed by atoms with van der Waals surface area (Å²) in [6, 6.07) is 8.14. The van der Waals surface area contributed by atoms with Gasteiger partial charge in [0.2, 0.25) is 0 Å². The van der Waals surface area contributed by atoms with Gasteiger partial charge in [-0.05, 0) is 47.8 Å². The highest BCUT2D eigenvalue weighted by Gasteiger charge is 2.44. The summed E-state index contributed by atoms with van der Waals surface area (Å²) in [5, 5.41) is 21.2. The standard InChI is InChI=1S/C26H34N6O3S/c1-26(2,3)15-7-8-17-18(12-15)31-20(30-17)6-4-5-11-36-13-19-22(33)23(34)25(35-19)32-14-29-21-16(27)9-10-28-24(21)32/h7-10,12,14,19,22-23,25,33-34H,4-6,11,13H2,1-3H3,(H2,27,28)(H,30,31)/t19-,22-,23-,25-/m1/s1. The quantitative estimate of drug-likeness (QED) is 0.264. The Morgan fingerprint density at radius 1 is 1.14 bits per heavy atom. The van der Waals surface area contributed by atoms with Crippen molar-refractivity contribution in [3.63, 3.8) is 0 Å². The molecule has 1 aromatic carbocycles. The number of thioether (sulfide) groups is 1. The van der Waals surface area contributed by atoms with Gasteiger partial charge in [0, 0.05) is 18.4 Å². The monoisotopic (exact) mass is 510 g/mol. The second-order valence-corrected chi connectivity index (χ2v) is 11.6. The molecule has 0 bridgehead atoms. The van der Waals surface area contributed by atoms with Gasteiger partial charge in [0.15, 0.2) is 11.9 Å². The molecule has 36 heavy (non-hydrogen) atoms. The fourth-order valence-electron chi connectivity index (χ4n) is 4.58. The van der Waals surface area contributed by atoms with Crippen molar-refractivity contribution in [2.75, 3.05) is 17.2 Å². The first-order valence-corrected chi connectivity index (χ1v) is 13.5. The van der Waals surface area contributed by atoms with Gasteiger partial charge in [-0.3, -0.25) is 4.57 Å². The van der Waals surface area contributed by atoms with E-state index in [0.29, 0.717) is 22.6 Å². The van der Waals surface area contributed by atoms with Crippen molar-refractivity contribution in [1.82, 2.24) is 24.5 Å². The first kappa shape index (κ1) is 25.0. The molecule has 5 N–H and O–H groups in total. The van der Waals surface area contributed by atoms with Crippen LogP contribution in [0.25, 0.3) is 22.2 Å². The molecular formula is C26H34N6O3S. The lowest BCUT2D eigenvalue weighted by molar-refractivity contribution is -0.0288. The van der Waals surface area contributed by atoms with E-state index >= 15 is 0 Å². The number of nitrogen functional groups attached to an aromatic ring is 1. The Bertz CT molecular complexity index is 1350. The molecule has 192 valence electrons. The number of imidazole rings is 2. The summed E-state index contributed by atoms with van der Waals surface area (Å²) in [6.45, 7) is 6.63. The van der Waals surface area contributed by atoms with Crippen LogP contribution < -0.4 is 5.73 Å². The van der Waals surface area contributed by atoms with Crippen LogP contribution in [-0.2, 0) is 16.6 Å². The highest BCUT2D eigenvalue weighted by Crippen LogP contribution is 2.33. The second kappa shape index (κ2) is 10.0. The number of nitrogens with one attached hydrogen (secondary N) is 1. The minimum absolute atomic E-state index is 0.106. The zero-order valence-electron chi connectivity index (χ0n) is 20.9. The number of rotatable bonds is 8. The molecule has 0 amide bonds. The lowest BCUT2D eigenvalue weighted by Crippen LogP contribution is -2.32. The van der Waals surface area contributed by atoms with E-state index in [2.05, 4.69) is 53.9 Å². The number of H-pyrrole nitrogens is 1. The number of nitrogens with two attached hydrogens (primary N) is 1. The molecule has 0 aliphatic carbocycles. The fourth-order valence-corrected chi connectivity index (χ4v) is 5.66. The fraction of sp³-hybridized carbons (Fsp3) is 0.500. The Morgan fingerprint density at radius 2 is 1.97 bits per heavy atom. The van der Waals surface area contributed by atoms with Crippen LogP contribution in [0.15, 0.2) is 36.8 Å². The Kier molecular flexibility index (Phi) is 6.95. The maximum Gasteiger partial charge on any atom is 0.165 e. The number of hydrogen-bond acceptors (Lipinski definition) is 8. The molecule has 1 aliphatic rings. The molecule has 9 nitrogen and oxygen atoms in total. The maximum atomic E-state index is 10.6. The number of unbranched alkanes of at least 4 members (excludes halogenated alkanes) is 1. The van der Waals surface area contributed by atoms with E-state index in [1.807, 2.05) is 0 Å². The first-order valence-electron chi connectivity index (χ1n) is 12.4. The van der Waals surface area contributed by atoms with E-state index in [1.54, 1.807) is 34.9 Å². The second-order valence-electron chi connectivity index (χ2n) is 10.5. The summed E-state index contributed by atoms with van der Waals surface area (Å²) in [5.74, 6) is 2.55. The zero-order chi connectivity index (χ0) is 25.4. The molecule has 0 unspecified atom stereocenters. The van der Waals surface area contributed by atoms with Crippen molar-refractivity contribution in [2.45, 2.75) is 70.0 Å². The third kappa shape index (κ3) is 4.95. The van der Waals surface area contributed by atoms with E-state index in [4.69, 9.17) is 15.5 Å². The molecule has 10 heteroatoms. The Balaban J connectivity index is 1.09. The highest BCUT2D eigenvalue weighted by atomic mass is 32.2. The number of anilines is 1. The average Bonchev–Trinajstić information content (AvgIpc) is 3.52. The summed E-state index contributed by atoms with van der Waals surface area (Å²) < 4.78 is 7.67. The van der Waals surface area contributed by atoms with Crippen molar-refractivity contribution < 1.29 is 14.9 Å². The molecule has 5 rings (SSSR count). The van der Waals surface area contributed by atoms with Crippen LogP contribution in [0.2, 0.25) is 0 Å². The molecule has 0 saturated carbocycles. The number of benzene rings is 1. The summed E-state index contributed by atoms with van der Waals surface area (Å²) >= 11 is 1.72. The number of aromatic nitrogens is 5. The van der Waals surface area contributed by atoms with Crippen LogP contribution in [0.1, 0.15) is 51.2 Å². The number of ether oxygens (including phenoxy) is 1. The topological polar surface area (TPSA) is 135 Å². The predicted molar refractivity (Wildman–Crippen MR) is 143 cm³/mol. The largest absolute Gasteiger partial charge is 0.397 e. The van der Waals surface area contributed by atoms with Gasteiger partial charge in [-0.15, -0.1) is 0 Å². The molecule has 4 heterocycles. The number of aromatic amines is 1. The van der Waals surface area contributed by atoms with E-state index in [9.17, 15) is 10.2 Å². The number of pyridine rings is 1. The number of hydrogen-bond donors (Lipinski definition) is 4. The lowest BCUT2D eigenvalue weighted by Gasteiger charge is -2.18. The van der Waals surface area contributed by atoms with Gasteiger partial charge in [-0.1, -0.05) is 26.8 Å². The molecule has 0 radical (unpaired) electrons. The third-order valence-electron chi connectivity index (χ3n) is 6.74. The molecule has 1 aliphatic heterocycles. The Labute approximate surface area is 214 Å². The van der Waals surface area contributed by atoms with Gasteiger partial charge in [0.25, 0.3) is 0 Å². The summed E-state index contributed by atoms with van der Waals surface area (Å²) in [7, 11) is 0. The van der Waals surface area contributed by atoms with Gasteiger partial charge in [-0.2, -0.15) is 11.8 Å². The van der Waals surface area contributed by atoms with Crippen LogP contribution in [0.3, 0.4) is 0 Å². The van der Waals surface area contributed by atoms with Crippen LogP contribution >= 0.6 is 11.8 Å². The smallest absolute Gasteiger partial charge is 0.165 e. The molecule has 1 saturated heterocycles. The minimum atomic E-state index is -1.07. The average molecular weight is 511 g/mol. The van der Waals surface area contributed by atoms with Crippen LogP contribution in [0, 0.1) is 0 Å². The summed E-state index contributed by atoms with van der Waals surface area (Å²) in [4.78, 5) is 16.8. The molecule has 4 aromatic rings. The number of aliphatic hydroxyl groups excluding tert-OH is 2.